The topological polar surface area (TPSA) is 38.8 Å². The van der Waals surface area contributed by atoms with Gasteiger partial charge in [0.25, 0.3) is 0 Å². The number of nitrogens with zero attached hydrogens (tertiary/aromatic N) is 1. The number of para-hydroxylation sites is 2. The van der Waals surface area contributed by atoms with Crippen LogP contribution in [0.3, 0.4) is 0 Å². The van der Waals surface area contributed by atoms with E-state index in [1.54, 1.807) is 0 Å². The zero-order valence-corrected chi connectivity index (χ0v) is 16.6. The van der Waals surface area contributed by atoms with Crippen molar-refractivity contribution >= 4 is 5.97 Å². The van der Waals surface area contributed by atoms with E-state index in [0.717, 1.165) is 35.7 Å². The van der Waals surface area contributed by atoms with Crippen LogP contribution in [0.1, 0.15) is 44.7 Å². The van der Waals surface area contributed by atoms with Gasteiger partial charge < -0.3 is 9.47 Å². The monoisotopic (exact) mass is 367 g/mol. The summed E-state index contributed by atoms with van der Waals surface area (Å²) in [6, 6.07) is 15.8. The second-order valence-corrected chi connectivity index (χ2v) is 7.76. The summed E-state index contributed by atoms with van der Waals surface area (Å²) < 4.78 is 11.7. The van der Waals surface area contributed by atoms with E-state index in [9.17, 15) is 4.79 Å². The van der Waals surface area contributed by atoms with E-state index in [1.807, 2.05) is 48.5 Å². The van der Waals surface area contributed by atoms with Gasteiger partial charge in [-0.15, -0.1) is 0 Å². The standard InChI is InChI=1S/C23H29NO3/c1-16(2)15-24(17(3)4)13-14-26-23(25)22-18-9-5-7-11-20(18)27-21-12-8-6-10-19(21)22/h5-12,16-17,22H,13-15H2,1-4H3. The summed E-state index contributed by atoms with van der Waals surface area (Å²) >= 11 is 0. The number of carbonyl (C=O) groups is 1. The summed E-state index contributed by atoms with van der Waals surface area (Å²) in [5.41, 5.74) is 1.73. The Kier molecular flexibility index (Phi) is 6.17. The molecule has 0 radical (unpaired) electrons. The summed E-state index contributed by atoms with van der Waals surface area (Å²) in [5, 5.41) is 0. The van der Waals surface area contributed by atoms with Crippen LogP contribution in [0.4, 0.5) is 0 Å². The highest BCUT2D eigenvalue weighted by molar-refractivity contribution is 5.85. The Balaban J connectivity index is 1.73. The predicted molar refractivity (Wildman–Crippen MR) is 107 cm³/mol. The van der Waals surface area contributed by atoms with Crippen molar-refractivity contribution in [2.24, 2.45) is 5.92 Å². The Morgan fingerprint density at radius 1 is 1.00 bits per heavy atom. The maximum atomic E-state index is 13.0. The molecule has 4 nitrogen and oxygen atoms in total. The van der Waals surface area contributed by atoms with Gasteiger partial charge in [0.05, 0.1) is 0 Å². The Labute approximate surface area is 162 Å². The third-order valence-corrected chi connectivity index (χ3v) is 4.87. The van der Waals surface area contributed by atoms with Crippen LogP contribution in [0, 0.1) is 5.92 Å². The summed E-state index contributed by atoms with van der Waals surface area (Å²) in [7, 11) is 0. The van der Waals surface area contributed by atoms with Gasteiger partial charge in [-0.05, 0) is 31.9 Å². The first-order chi connectivity index (χ1) is 13.0. The maximum absolute atomic E-state index is 13.0. The van der Waals surface area contributed by atoms with Crippen LogP contribution in [-0.2, 0) is 9.53 Å². The molecule has 144 valence electrons. The molecule has 0 saturated heterocycles. The maximum Gasteiger partial charge on any atom is 0.318 e. The average molecular weight is 367 g/mol. The van der Waals surface area contributed by atoms with Crippen LogP contribution in [0.15, 0.2) is 48.5 Å². The highest BCUT2D eigenvalue weighted by atomic mass is 16.5. The molecular weight excluding hydrogens is 338 g/mol. The number of hydrogen-bond donors (Lipinski definition) is 0. The van der Waals surface area contributed by atoms with E-state index >= 15 is 0 Å². The van der Waals surface area contributed by atoms with Crippen molar-refractivity contribution in [1.82, 2.24) is 4.90 Å². The van der Waals surface area contributed by atoms with Crippen molar-refractivity contribution in [2.75, 3.05) is 19.7 Å². The van der Waals surface area contributed by atoms with Crippen molar-refractivity contribution in [3.63, 3.8) is 0 Å². The number of benzene rings is 2. The van der Waals surface area contributed by atoms with Gasteiger partial charge in [0.15, 0.2) is 0 Å². The number of fused-ring (bicyclic) bond motifs is 2. The second-order valence-electron chi connectivity index (χ2n) is 7.76. The highest BCUT2D eigenvalue weighted by Gasteiger charge is 2.33. The van der Waals surface area contributed by atoms with Gasteiger partial charge in [0.1, 0.15) is 24.0 Å². The van der Waals surface area contributed by atoms with Crippen LogP contribution in [0.25, 0.3) is 0 Å². The predicted octanol–water partition coefficient (Wildman–Crippen LogP) is 4.83. The number of ether oxygens (including phenoxy) is 2. The van der Waals surface area contributed by atoms with Gasteiger partial charge in [-0.3, -0.25) is 9.69 Å². The molecule has 1 aliphatic rings. The number of hydrogen-bond acceptors (Lipinski definition) is 4. The molecule has 0 aromatic heterocycles. The van der Waals surface area contributed by atoms with Crippen LogP contribution in [0.5, 0.6) is 11.5 Å². The van der Waals surface area contributed by atoms with Gasteiger partial charge in [-0.2, -0.15) is 0 Å². The van der Waals surface area contributed by atoms with Crippen molar-refractivity contribution in [1.29, 1.82) is 0 Å². The number of esters is 1. The van der Waals surface area contributed by atoms with Crippen molar-refractivity contribution in [3.05, 3.63) is 59.7 Å². The first kappa shape index (κ1) is 19.4. The Hall–Kier alpha value is -2.33. The van der Waals surface area contributed by atoms with E-state index in [4.69, 9.17) is 9.47 Å². The van der Waals surface area contributed by atoms with Gasteiger partial charge in [-0.25, -0.2) is 0 Å². The zero-order valence-electron chi connectivity index (χ0n) is 16.6. The molecule has 27 heavy (non-hydrogen) atoms. The molecule has 0 saturated carbocycles. The summed E-state index contributed by atoms with van der Waals surface area (Å²) in [6.07, 6.45) is 0. The Morgan fingerprint density at radius 2 is 1.56 bits per heavy atom. The third-order valence-electron chi connectivity index (χ3n) is 4.87. The van der Waals surface area contributed by atoms with E-state index in [1.165, 1.54) is 0 Å². The van der Waals surface area contributed by atoms with Gasteiger partial charge in [0, 0.05) is 30.3 Å². The average Bonchev–Trinajstić information content (AvgIpc) is 2.64. The number of carbonyl (C=O) groups excluding carboxylic acids is 1. The van der Waals surface area contributed by atoms with Crippen LogP contribution in [0.2, 0.25) is 0 Å². The van der Waals surface area contributed by atoms with Crippen molar-refractivity contribution in [2.45, 2.75) is 39.7 Å². The van der Waals surface area contributed by atoms with Crippen LogP contribution in [-0.4, -0.2) is 36.6 Å². The molecule has 3 rings (SSSR count). The molecule has 0 aliphatic carbocycles. The first-order valence-electron chi connectivity index (χ1n) is 9.73. The fourth-order valence-corrected chi connectivity index (χ4v) is 3.54. The van der Waals surface area contributed by atoms with E-state index in [0.29, 0.717) is 18.6 Å². The molecule has 2 aromatic carbocycles. The summed E-state index contributed by atoms with van der Waals surface area (Å²) in [6.45, 7) is 10.9. The molecule has 0 unspecified atom stereocenters. The first-order valence-corrected chi connectivity index (χ1v) is 9.73. The molecule has 2 aromatic rings. The minimum atomic E-state index is -0.441. The fraction of sp³-hybridized carbons (Fsp3) is 0.435. The molecular formula is C23H29NO3. The largest absolute Gasteiger partial charge is 0.464 e. The molecule has 0 amide bonds. The van der Waals surface area contributed by atoms with Crippen LogP contribution < -0.4 is 4.74 Å². The molecule has 0 fully saturated rings. The normalized spacial score (nSPS) is 13.4. The molecule has 1 aliphatic heterocycles. The molecule has 1 heterocycles. The summed E-state index contributed by atoms with van der Waals surface area (Å²) in [4.78, 5) is 15.4. The molecule has 0 N–H and O–H groups in total. The van der Waals surface area contributed by atoms with Gasteiger partial charge >= 0.3 is 5.97 Å². The van der Waals surface area contributed by atoms with Crippen LogP contribution >= 0.6 is 0 Å². The lowest BCUT2D eigenvalue weighted by Crippen LogP contribution is -2.37. The zero-order chi connectivity index (χ0) is 19.4. The minimum Gasteiger partial charge on any atom is -0.464 e. The Morgan fingerprint density at radius 3 is 2.07 bits per heavy atom. The lowest BCUT2D eigenvalue weighted by Gasteiger charge is -2.29. The fourth-order valence-electron chi connectivity index (χ4n) is 3.54. The second kappa shape index (κ2) is 8.57. The Bertz CT molecular complexity index is 739. The van der Waals surface area contributed by atoms with Crippen molar-refractivity contribution in [3.8, 4) is 11.5 Å². The van der Waals surface area contributed by atoms with Gasteiger partial charge in [0.2, 0.25) is 0 Å². The number of rotatable bonds is 7. The quantitative estimate of drug-likeness (QED) is 0.657. The SMILES string of the molecule is CC(C)CN(CCOC(=O)C1c2ccccc2Oc2ccccc21)C(C)C. The highest BCUT2D eigenvalue weighted by Crippen LogP contribution is 2.44. The van der Waals surface area contributed by atoms with E-state index in [2.05, 4.69) is 32.6 Å². The summed E-state index contributed by atoms with van der Waals surface area (Å²) in [5.74, 6) is 1.37. The lowest BCUT2D eigenvalue weighted by atomic mass is 9.88. The minimum absolute atomic E-state index is 0.216. The molecule has 0 bridgehead atoms. The van der Waals surface area contributed by atoms with Gasteiger partial charge in [-0.1, -0.05) is 50.2 Å². The van der Waals surface area contributed by atoms with E-state index in [-0.39, 0.29) is 5.97 Å². The van der Waals surface area contributed by atoms with E-state index < -0.39 is 5.92 Å². The third kappa shape index (κ3) is 4.51. The lowest BCUT2D eigenvalue weighted by molar-refractivity contribution is -0.145. The molecule has 4 heteroatoms. The van der Waals surface area contributed by atoms with Crippen molar-refractivity contribution < 1.29 is 14.3 Å². The molecule has 0 atom stereocenters. The smallest absolute Gasteiger partial charge is 0.318 e. The molecule has 0 spiro atoms.